The van der Waals surface area contributed by atoms with E-state index in [0.717, 1.165) is 5.76 Å². The van der Waals surface area contributed by atoms with Gasteiger partial charge in [-0.25, -0.2) is 0 Å². The number of furan rings is 1. The van der Waals surface area contributed by atoms with Crippen molar-refractivity contribution in [3.8, 4) is 0 Å². The topological polar surface area (TPSA) is 68.3 Å². The Hall–Kier alpha value is -1.29. The van der Waals surface area contributed by atoms with Crippen LogP contribution in [-0.2, 0) is 11.3 Å². The highest BCUT2D eigenvalue weighted by molar-refractivity contribution is 5.80. The van der Waals surface area contributed by atoms with Crippen molar-refractivity contribution < 1.29 is 9.21 Å². The Kier molecular flexibility index (Phi) is 2.88. The average molecular weight is 168 g/mol. The van der Waals surface area contributed by atoms with Crippen LogP contribution in [0.25, 0.3) is 0 Å². The van der Waals surface area contributed by atoms with Crippen LogP contribution in [0.4, 0.5) is 0 Å². The Bertz CT molecular complexity index is 242. The van der Waals surface area contributed by atoms with Crippen LogP contribution >= 0.6 is 0 Å². The molecule has 66 valence electrons. The van der Waals surface area contributed by atoms with Gasteiger partial charge in [0.15, 0.2) is 0 Å². The molecule has 0 unspecified atom stereocenters. The van der Waals surface area contributed by atoms with E-state index in [2.05, 4.69) is 5.32 Å². The van der Waals surface area contributed by atoms with Gasteiger partial charge in [0.05, 0.1) is 18.8 Å². The fourth-order valence-electron chi connectivity index (χ4n) is 0.748. The van der Waals surface area contributed by atoms with Crippen molar-refractivity contribution in [2.75, 3.05) is 0 Å². The summed E-state index contributed by atoms with van der Waals surface area (Å²) in [6.07, 6.45) is 1.56. The summed E-state index contributed by atoms with van der Waals surface area (Å²) in [5, 5.41) is 2.63. The zero-order chi connectivity index (χ0) is 8.97. The molecule has 1 atom stereocenters. The van der Waals surface area contributed by atoms with Crippen molar-refractivity contribution in [1.82, 2.24) is 5.32 Å². The number of rotatable bonds is 3. The Morgan fingerprint density at radius 1 is 1.83 bits per heavy atom. The molecule has 0 bridgehead atoms. The van der Waals surface area contributed by atoms with Crippen LogP contribution in [0.1, 0.15) is 12.7 Å². The van der Waals surface area contributed by atoms with E-state index >= 15 is 0 Å². The van der Waals surface area contributed by atoms with Gasteiger partial charge in [-0.1, -0.05) is 0 Å². The monoisotopic (exact) mass is 168 g/mol. The minimum absolute atomic E-state index is 0.175. The smallest absolute Gasteiger partial charge is 0.237 e. The largest absolute Gasteiger partial charge is 0.467 e. The van der Waals surface area contributed by atoms with Gasteiger partial charge >= 0.3 is 0 Å². The molecule has 4 nitrogen and oxygen atoms in total. The number of amides is 1. The molecule has 1 rings (SSSR count). The fourth-order valence-corrected chi connectivity index (χ4v) is 0.748. The highest BCUT2D eigenvalue weighted by Crippen LogP contribution is 1.98. The number of carbonyl (C=O) groups is 1. The maximum atomic E-state index is 11.0. The summed E-state index contributed by atoms with van der Waals surface area (Å²) in [6, 6.07) is 3.09. The van der Waals surface area contributed by atoms with E-state index < -0.39 is 6.04 Å². The summed E-state index contributed by atoms with van der Waals surface area (Å²) in [5.41, 5.74) is 5.33. The average Bonchev–Trinajstić information content (AvgIpc) is 2.51. The SMILES string of the molecule is C[C@@H](N)C(=O)NCc1ccco1. The molecule has 0 aliphatic carbocycles. The summed E-state index contributed by atoms with van der Waals surface area (Å²) < 4.78 is 5.01. The second-order valence-electron chi connectivity index (χ2n) is 2.59. The number of hydrogen-bond acceptors (Lipinski definition) is 3. The van der Waals surface area contributed by atoms with E-state index in [1.165, 1.54) is 0 Å². The van der Waals surface area contributed by atoms with Crippen LogP contribution in [0.2, 0.25) is 0 Å². The highest BCUT2D eigenvalue weighted by atomic mass is 16.3. The van der Waals surface area contributed by atoms with Crippen molar-refractivity contribution in [3.05, 3.63) is 24.2 Å². The van der Waals surface area contributed by atoms with Crippen LogP contribution in [0.15, 0.2) is 22.8 Å². The summed E-state index contributed by atoms with van der Waals surface area (Å²) in [6.45, 7) is 2.03. The molecule has 1 aromatic heterocycles. The molecule has 0 spiro atoms. The zero-order valence-corrected chi connectivity index (χ0v) is 6.91. The molecular weight excluding hydrogens is 156 g/mol. The first-order valence-electron chi connectivity index (χ1n) is 3.76. The number of hydrogen-bond donors (Lipinski definition) is 2. The molecule has 1 heterocycles. The van der Waals surface area contributed by atoms with Gasteiger partial charge in [0.2, 0.25) is 5.91 Å². The van der Waals surface area contributed by atoms with E-state index in [0.29, 0.717) is 6.54 Å². The summed E-state index contributed by atoms with van der Waals surface area (Å²) in [7, 11) is 0. The third kappa shape index (κ3) is 2.39. The lowest BCUT2D eigenvalue weighted by Crippen LogP contribution is -2.37. The number of nitrogens with one attached hydrogen (secondary N) is 1. The molecule has 1 amide bonds. The lowest BCUT2D eigenvalue weighted by atomic mass is 10.3. The molecule has 1 aromatic rings. The first-order valence-corrected chi connectivity index (χ1v) is 3.76. The second-order valence-corrected chi connectivity index (χ2v) is 2.59. The Balaban J connectivity index is 2.32. The molecular formula is C8H12N2O2. The first-order chi connectivity index (χ1) is 5.70. The second kappa shape index (κ2) is 3.92. The normalized spacial score (nSPS) is 12.5. The standard InChI is InChI=1S/C8H12N2O2/c1-6(9)8(11)10-5-7-3-2-4-12-7/h2-4,6H,5,9H2,1H3,(H,10,11)/t6-/m1/s1. The van der Waals surface area contributed by atoms with Crippen molar-refractivity contribution in [1.29, 1.82) is 0 Å². The fraction of sp³-hybridized carbons (Fsp3) is 0.375. The van der Waals surface area contributed by atoms with Crippen LogP contribution in [0, 0.1) is 0 Å². The first kappa shape index (κ1) is 8.80. The van der Waals surface area contributed by atoms with Crippen LogP contribution in [0.3, 0.4) is 0 Å². The van der Waals surface area contributed by atoms with Gasteiger partial charge in [-0.15, -0.1) is 0 Å². The van der Waals surface area contributed by atoms with Gasteiger partial charge in [0.1, 0.15) is 5.76 Å². The molecule has 0 aromatic carbocycles. The predicted octanol–water partition coefficient (Wildman–Crippen LogP) is 0.243. The van der Waals surface area contributed by atoms with E-state index in [4.69, 9.17) is 10.2 Å². The molecule has 0 saturated carbocycles. The van der Waals surface area contributed by atoms with Gasteiger partial charge < -0.3 is 15.5 Å². The number of carbonyl (C=O) groups excluding carboxylic acids is 1. The molecule has 0 saturated heterocycles. The van der Waals surface area contributed by atoms with Crippen molar-refractivity contribution in [2.45, 2.75) is 19.5 Å². The molecule has 0 fully saturated rings. The van der Waals surface area contributed by atoms with Gasteiger partial charge in [0, 0.05) is 0 Å². The van der Waals surface area contributed by atoms with E-state index in [1.54, 1.807) is 25.3 Å². The third-order valence-corrected chi connectivity index (χ3v) is 1.43. The minimum Gasteiger partial charge on any atom is -0.467 e. The molecule has 4 heteroatoms. The van der Waals surface area contributed by atoms with E-state index in [1.807, 2.05) is 0 Å². The molecule has 0 aliphatic heterocycles. The third-order valence-electron chi connectivity index (χ3n) is 1.43. The van der Waals surface area contributed by atoms with Gasteiger partial charge in [-0.3, -0.25) is 4.79 Å². The summed E-state index contributed by atoms with van der Waals surface area (Å²) in [5.74, 6) is 0.551. The van der Waals surface area contributed by atoms with E-state index in [9.17, 15) is 4.79 Å². The van der Waals surface area contributed by atoms with Crippen LogP contribution in [0.5, 0.6) is 0 Å². The Labute approximate surface area is 70.7 Å². The van der Waals surface area contributed by atoms with Crippen LogP contribution in [-0.4, -0.2) is 11.9 Å². The molecule has 3 N–H and O–H groups in total. The Morgan fingerprint density at radius 2 is 2.58 bits per heavy atom. The molecule has 12 heavy (non-hydrogen) atoms. The maximum absolute atomic E-state index is 11.0. The van der Waals surface area contributed by atoms with Crippen molar-refractivity contribution >= 4 is 5.91 Å². The quantitative estimate of drug-likeness (QED) is 0.679. The van der Waals surface area contributed by atoms with Gasteiger partial charge in [-0.05, 0) is 19.1 Å². The zero-order valence-electron chi connectivity index (χ0n) is 6.91. The summed E-state index contributed by atoms with van der Waals surface area (Å²) >= 11 is 0. The lowest BCUT2D eigenvalue weighted by Gasteiger charge is -2.04. The highest BCUT2D eigenvalue weighted by Gasteiger charge is 2.06. The van der Waals surface area contributed by atoms with Crippen molar-refractivity contribution in [3.63, 3.8) is 0 Å². The minimum atomic E-state index is -0.472. The Morgan fingerprint density at radius 3 is 3.08 bits per heavy atom. The lowest BCUT2D eigenvalue weighted by molar-refractivity contribution is -0.122. The van der Waals surface area contributed by atoms with Gasteiger partial charge in [0.25, 0.3) is 0 Å². The maximum Gasteiger partial charge on any atom is 0.237 e. The molecule has 0 aliphatic rings. The molecule has 0 radical (unpaired) electrons. The van der Waals surface area contributed by atoms with Crippen LogP contribution < -0.4 is 11.1 Å². The number of nitrogens with two attached hydrogens (primary N) is 1. The van der Waals surface area contributed by atoms with E-state index in [-0.39, 0.29) is 5.91 Å². The van der Waals surface area contributed by atoms with Crippen molar-refractivity contribution in [2.24, 2.45) is 5.73 Å². The summed E-state index contributed by atoms with van der Waals surface area (Å²) in [4.78, 5) is 11.0. The predicted molar refractivity (Wildman–Crippen MR) is 44.2 cm³/mol. The van der Waals surface area contributed by atoms with Gasteiger partial charge in [-0.2, -0.15) is 0 Å².